The van der Waals surface area contributed by atoms with Crippen LogP contribution in [0, 0.1) is 5.92 Å². The lowest BCUT2D eigenvalue weighted by Crippen LogP contribution is -2.35. The fourth-order valence-corrected chi connectivity index (χ4v) is 7.38. The van der Waals surface area contributed by atoms with Gasteiger partial charge < -0.3 is 10.6 Å². The maximum absolute atomic E-state index is 13.0. The molecule has 2 aromatic rings. The highest BCUT2D eigenvalue weighted by Gasteiger charge is 2.67. The third-order valence-electron chi connectivity index (χ3n) is 5.78. The van der Waals surface area contributed by atoms with E-state index in [1.54, 1.807) is 18.2 Å². The monoisotopic (exact) mass is 604 g/mol. The van der Waals surface area contributed by atoms with E-state index in [1.807, 2.05) is 0 Å². The van der Waals surface area contributed by atoms with E-state index in [0.29, 0.717) is 17.7 Å². The summed E-state index contributed by atoms with van der Waals surface area (Å²) in [5.74, 6) is -1.98. The lowest BCUT2D eigenvalue weighted by atomic mass is 10.1. The Morgan fingerprint density at radius 2 is 1.65 bits per heavy atom. The first-order chi connectivity index (χ1) is 15.8. The quantitative estimate of drug-likeness (QED) is 0.216. The number of hydrogen-bond acceptors (Lipinski definition) is 4. The topological polar surface area (TPSA) is 98.7 Å². The van der Waals surface area contributed by atoms with Gasteiger partial charge in [-0.1, -0.05) is 46.4 Å². The van der Waals surface area contributed by atoms with Gasteiger partial charge in [0.15, 0.2) is 0 Å². The minimum absolute atomic E-state index is 0.0993. The van der Waals surface area contributed by atoms with Crippen molar-refractivity contribution in [2.45, 2.75) is 22.7 Å². The molecule has 1 heterocycles. The van der Waals surface area contributed by atoms with Crippen LogP contribution < -0.4 is 10.6 Å². The number of halogens is 6. The second kappa shape index (κ2) is 9.69. The molecule has 0 bridgehead atoms. The van der Waals surface area contributed by atoms with Crippen LogP contribution in [0.2, 0.25) is 20.1 Å². The van der Waals surface area contributed by atoms with Gasteiger partial charge in [0.05, 0.1) is 37.3 Å². The smallest absolute Gasteiger partial charge is 0.253 e. The number of anilines is 1. The number of hydrogen-bond donors (Lipinski definition) is 4. The van der Waals surface area contributed by atoms with Crippen LogP contribution in [0.15, 0.2) is 30.3 Å². The van der Waals surface area contributed by atoms with Crippen LogP contribution in [0.5, 0.6) is 0 Å². The van der Waals surface area contributed by atoms with Crippen molar-refractivity contribution in [1.82, 2.24) is 5.32 Å². The Hall–Kier alpha value is -0.610. The molecule has 0 aromatic heterocycles. The molecule has 1 saturated carbocycles. The Kier molecular flexibility index (Phi) is 7.54. The van der Waals surface area contributed by atoms with Gasteiger partial charge in [0.1, 0.15) is 4.33 Å². The van der Waals surface area contributed by atoms with E-state index in [1.165, 1.54) is 12.1 Å². The number of carbonyl (C=O) groups excluding carboxylic acids is 2. The van der Waals surface area contributed by atoms with Crippen LogP contribution in [-0.4, -0.2) is 42.8 Å². The summed E-state index contributed by atoms with van der Waals surface area (Å²) in [5, 5.41) is 6.28. The van der Waals surface area contributed by atoms with Gasteiger partial charge in [0.25, 0.3) is 5.91 Å². The van der Waals surface area contributed by atoms with Gasteiger partial charge in [-0.05, 0) is 42.3 Å². The van der Waals surface area contributed by atoms with Gasteiger partial charge in [-0.25, -0.2) is 0 Å². The maximum Gasteiger partial charge on any atom is 0.253 e. The van der Waals surface area contributed by atoms with Crippen molar-refractivity contribution in [3.63, 3.8) is 0 Å². The van der Waals surface area contributed by atoms with Crippen molar-refractivity contribution >= 4 is 97.7 Å². The Bertz CT molecular complexity index is 1150. The zero-order valence-electron chi connectivity index (χ0n) is 17.1. The van der Waals surface area contributed by atoms with E-state index in [2.05, 4.69) is 10.6 Å². The minimum atomic E-state index is -2.66. The number of carbonyl (C=O) groups is 2. The molecule has 1 aliphatic heterocycles. The minimum Gasteiger partial charge on any atom is -0.348 e. The van der Waals surface area contributed by atoms with Crippen molar-refractivity contribution in [3.8, 4) is 0 Å². The molecule has 6 nitrogen and oxygen atoms in total. The van der Waals surface area contributed by atoms with E-state index in [-0.39, 0.29) is 43.2 Å². The summed E-state index contributed by atoms with van der Waals surface area (Å²) in [4.78, 5) is 25.7. The molecule has 0 spiro atoms. The van der Waals surface area contributed by atoms with Gasteiger partial charge in [0, 0.05) is 23.4 Å². The maximum atomic E-state index is 13.0. The predicted octanol–water partition coefficient (Wildman–Crippen LogP) is 7.08. The van der Waals surface area contributed by atoms with Crippen molar-refractivity contribution < 1.29 is 18.7 Å². The van der Waals surface area contributed by atoms with E-state index in [0.717, 1.165) is 0 Å². The summed E-state index contributed by atoms with van der Waals surface area (Å²) in [6, 6.07) is 7.21. The van der Waals surface area contributed by atoms with Gasteiger partial charge >= 0.3 is 0 Å². The average Bonchev–Trinajstić information content (AvgIpc) is 3.16. The third-order valence-corrected chi connectivity index (χ3v) is 10.1. The predicted molar refractivity (Wildman–Crippen MR) is 141 cm³/mol. The van der Waals surface area contributed by atoms with E-state index < -0.39 is 38.6 Å². The third kappa shape index (κ3) is 5.38. The first kappa shape index (κ1) is 26.5. The van der Waals surface area contributed by atoms with Gasteiger partial charge in [-0.15, -0.1) is 23.2 Å². The molecule has 3 unspecified atom stereocenters. The molecule has 184 valence electrons. The average molecular weight is 607 g/mol. The molecule has 34 heavy (non-hydrogen) atoms. The van der Waals surface area contributed by atoms with Crippen LogP contribution in [0.3, 0.4) is 0 Å². The number of rotatable bonds is 5. The van der Waals surface area contributed by atoms with Crippen molar-refractivity contribution in [2.24, 2.45) is 5.92 Å². The largest absolute Gasteiger partial charge is 0.348 e. The van der Waals surface area contributed by atoms with Crippen LogP contribution in [0.1, 0.15) is 28.3 Å². The first-order valence-electron chi connectivity index (χ1n) is 9.97. The Morgan fingerprint density at radius 1 is 1.00 bits per heavy atom. The van der Waals surface area contributed by atoms with Gasteiger partial charge in [0.2, 0.25) is 5.91 Å². The summed E-state index contributed by atoms with van der Waals surface area (Å²) in [6.45, 7) is 0. The molecule has 2 aromatic carbocycles. The number of alkyl halides is 2. The zero-order chi connectivity index (χ0) is 25.0. The summed E-state index contributed by atoms with van der Waals surface area (Å²) >= 11 is 37.2. The molecular weight excluding hydrogens is 589 g/mol. The highest BCUT2D eigenvalue weighted by molar-refractivity contribution is 8.24. The Balaban J connectivity index is 1.48. The van der Waals surface area contributed by atoms with Crippen LogP contribution >= 0.6 is 80.2 Å². The second-order valence-corrected chi connectivity index (χ2v) is 13.6. The summed E-state index contributed by atoms with van der Waals surface area (Å²) < 4.78 is 18.1. The normalized spacial score (nSPS) is 25.5. The fourth-order valence-electron chi connectivity index (χ4n) is 4.02. The van der Waals surface area contributed by atoms with E-state index in [4.69, 9.17) is 69.6 Å². The molecular formula is C21H18Cl6N2O4S. The molecule has 2 aliphatic rings. The lowest BCUT2D eigenvalue weighted by molar-refractivity contribution is -0.117. The zero-order valence-corrected chi connectivity index (χ0v) is 22.5. The van der Waals surface area contributed by atoms with E-state index >= 15 is 0 Å². The number of benzene rings is 2. The molecule has 1 aliphatic carbocycles. The van der Waals surface area contributed by atoms with Crippen LogP contribution in [0.25, 0.3) is 0 Å². The van der Waals surface area contributed by atoms with Crippen molar-refractivity contribution in [3.05, 3.63) is 61.5 Å². The molecule has 2 fully saturated rings. The first-order valence-corrected chi connectivity index (χ1v) is 14.1. The summed E-state index contributed by atoms with van der Waals surface area (Å²) in [6.07, 6.45) is 0.456. The standard InChI is InChI=1S/C21H18Cl6N2O4S/c22-13-2-1-10(7-12(13)19(30)29-11-3-4-34(32,33)8-11)28-20(31)17-16(21(17,26)27)9-5-14(23)18(25)15(24)6-9/h1-2,5-7,11,16-17,32-33H,3-4,8H2,(H,28,31)(H,29,30). The van der Waals surface area contributed by atoms with E-state index in [9.17, 15) is 18.7 Å². The van der Waals surface area contributed by atoms with Crippen LogP contribution in [-0.2, 0) is 4.79 Å². The summed E-state index contributed by atoms with van der Waals surface area (Å²) in [7, 11) is -2.66. The van der Waals surface area contributed by atoms with Crippen molar-refractivity contribution in [1.29, 1.82) is 0 Å². The number of amides is 2. The molecule has 2 amide bonds. The molecule has 13 heteroatoms. The summed E-state index contributed by atoms with van der Waals surface area (Å²) in [5.41, 5.74) is 1.02. The molecule has 1 saturated heterocycles. The molecule has 4 rings (SSSR count). The van der Waals surface area contributed by atoms with Crippen molar-refractivity contribution in [2.75, 3.05) is 16.8 Å². The highest BCUT2D eigenvalue weighted by Crippen LogP contribution is 2.65. The fraction of sp³-hybridized carbons (Fsp3) is 0.333. The molecule has 4 N–H and O–H groups in total. The highest BCUT2D eigenvalue weighted by atomic mass is 35.5. The SMILES string of the molecule is O=C(NC1CCS(O)(O)C1)c1cc(NC(=O)C2C(c3cc(Cl)c(Cl)c(Cl)c3)C2(Cl)Cl)ccc1Cl. The van der Waals surface area contributed by atoms with Gasteiger partial charge in [-0.2, -0.15) is 10.6 Å². The Labute approximate surface area is 227 Å². The molecule has 0 radical (unpaired) electrons. The Morgan fingerprint density at radius 3 is 2.24 bits per heavy atom. The lowest BCUT2D eigenvalue weighted by Gasteiger charge is -2.26. The molecule has 3 atom stereocenters. The number of nitrogens with one attached hydrogen (secondary N) is 2. The van der Waals surface area contributed by atoms with Crippen LogP contribution in [0.4, 0.5) is 5.69 Å². The second-order valence-electron chi connectivity index (χ2n) is 8.24. The van der Waals surface area contributed by atoms with Gasteiger partial charge in [-0.3, -0.25) is 18.7 Å².